The van der Waals surface area contributed by atoms with Crippen molar-refractivity contribution in [2.75, 3.05) is 25.1 Å². The molecule has 1 fully saturated rings. The Morgan fingerprint density at radius 1 is 0.966 bits per heavy atom. The molecule has 6 heteroatoms. The molecule has 0 bridgehead atoms. The summed E-state index contributed by atoms with van der Waals surface area (Å²) in [6, 6.07) is 16.5. The van der Waals surface area contributed by atoms with Crippen LogP contribution in [-0.2, 0) is 4.74 Å². The molecule has 2 aromatic carbocycles. The maximum absolute atomic E-state index is 12.1. The summed E-state index contributed by atoms with van der Waals surface area (Å²) < 4.78 is 7.34. The van der Waals surface area contributed by atoms with E-state index < -0.39 is 0 Å². The summed E-state index contributed by atoms with van der Waals surface area (Å²) in [4.78, 5) is 23.1. The van der Waals surface area contributed by atoms with Crippen molar-refractivity contribution in [3.63, 3.8) is 0 Å². The second kappa shape index (κ2) is 7.20. The number of esters is 1. The first-order chi connectivity index (χ1) is 14.3. The largest absolute Gasteiger partial charge is 0.465 e. The molecule has 0 aliphatic carbocycles. The summed E-state index contributed by atoms with van der Waals surface area (Å²) in [5, 5.41) is 2.38. The predicted molar refractivity (Wildman–Crippen MR) is 113 cm³/mol. The van der Waals surface area contributed by atoms with Crippen molar-refractivity contribution >= 4 is 33.7 Å². The molecule has 0 atom stereocenters. The van der Waals surface area contributed by atoms with Crippen LogP contribution in [0.2, 0.25) is 0 Å². The smallest absolute Gasteiger partial charge is 0.337 e. The van der Waals surface area contributed by atoms with E-state index >= 15 is 0 Å². The van der Waals surface area contributed by atoms with E-state index in [9.17, 15) is 4.79 Å². The Hall–Kier alpha value is -3.41. The molecule has 0 amide bonds. The Balaban J connectivity index is 1.55. The van der Waals surface area contributed by atoms with Gasteiger partial charge in [-0.2, -0.15) is 0 Å². The van der Waals surface area contributed by atoms with Crippen molar-refractivity contribution in [2.45, 2.75) is 18.9 Å². The Labute approximate surface area is 168 Å². The zero-order valence-electron chi connectivity index (χ0n) is 16.3. The highest BCUT2D eigenvalue weighted by Gasteiger charge is 2.25. The number of anilines is 1. The molecule has 0 saturated carbocycles. The molecule has 5 rings (SSSR count). The number of methoxy groups -OCH3 is 1. The number of benzene rings is 2. The molecular formula is C23H22N4O2. The van der Waals surface area contributed by atoms with E-state index in [1.54, 1.807) is 12.4 Å². The lowest BCUT2D eigenvalue weighted by Gasteiger charge is -2.33. The van der Waals surface area contributed by atoms with Crippen LogP contribution >= 0.6 is 0 Å². The average molecular weight is 386 g/mol. The number of fused-ring (bicyclic) bond motifs is 3. The number of carbonyl (C=O) groups excluding carboxylic acids is 1. The maximum Gasteiger partial charge on any atom is 0.337 e. The summed E-state index contributed by atoms with van der Waals surface area (Å²) in [5.41, 5.74) is 2.88. The predicted octanol–water partition coefficient (Wildman–Crippen LogP) is 4.21. The van der Waals surface area contributed by atoms with Crippen molar-refractivity contribution < 1.29 is 9.53 Å². The minimum atomic E-state index is -0.306. The van der Waals surface area contributed by atoms with Crippen LogP contribution in [0.4, 0.5) is 5.95 Å². The standard InChI is InChI=1S/C23H22N4O2/c1-29-22(28)16-7-8-19-18-5-2-3-6-20(18)27(21(19)15-16)17-9-13-26(14-10-17)23-24-11-4-12-25-23/h2-8,11-12,15,17H,9-10,13-14H2,1H3. The van der Waals surface area contributed by atoms with E-state index in [4.69, 9.17) is 4.74 Å². The fraction of sp³-hybridized carbons (Fsp3) is 0.261. The maximum atomic E-state index is 12.1. The van der Waals surface area contributed by atoms with Gasteiger partial charge in [0.15, 0.2) is 0 Å². The molecule has 1 saturated heterocycles. The first-order valence-electron chi connectivity index (χ1n) is 9.89. The van der Waals surface area contributed by atoms with Crippen LogP contribution in [0.1, 0.15) is 29.2 Å². The first kappa shape index (κ1) is 17.7. The van der Waals surface area contributed by atoms with E-state index in [1.165, 1.54) is 23.4 Å². The van der Waals surface area contributed by atoms with Crippen LogP contribution in [-0.4, -0.2) is 40.7 Å². The quantitative estimate of drug-likeness (QED) is 0.494. The summed E-state index contributed by atoms with van der Waals surface area (Å²) in [6.07, 6.45) is 5.56. The number of piperidine rings is 1. The monoisotopic (exact) mass is 386 g/mol. The number of para-hydroxylation sites is 1. The third-order valence-electron chi connectivity index (χ3n) is 5.80. The van der Waals surface area contributed by atoms with Gasteiger partial charge in [0.1, 0.15) is 0 Å². The van der Waals surface area contributed by atoms with Crippen LogP contribution in [0.5, 0.6) is 0 Å². The zero-order valence-corrected chi connectivity index (χ0v) is 16.3. The number of aromatic nitrogens is 3. The molecule has 0 spiro atoms. The molecule has 0 unspecified atom stereocenters. The second-order valence-electron chi connectivity index (χ2n) is 7.38. The zero-order chi connectivity index (χ0) is 19.8. The van der Waals surface area contributed by atoms with Crippen LogP contribution in [0.15, 0.2) is 60.9 Å². The molecule has 29 heavy (non-hydrogen) atoms. The Bertz CT molecular complexity index is 1180. The molecule has 3 heterocycles. The third kappa shape index (κ3) is 3.01. The van der Waals surface area contributed by atoms with Crippen LogP contribution in [0.25, 0.3) is 21.8 Å². The highest BCUT2D eigenvalue weighted by molar-refractivity contribution is 6.09. The van der Waals surface area contributed by atoms with Gasteiger partial charge >= 0.3 is 5.97 Å². The van der Waals surface area contributed by atoms with Crippen molar-refractivity contribution in [1.82, 2.24) is 14.5 Å². The van der Waals surface area contributed by atoms with Gasteiger partial charge in [-0.3, -0.25) is 0 Å². The number of carbonyl (C=O) groups is 1. The number of hydrogen-bond donors (Lipinski definition) is 0. The van der Waals surface area contributed by atoms with E-state index in [-0.39, 0.29) is 5.97 Å². The van der Waals surface area contributed by atoms with Gasteiger partial charge in [0.2, 0.25) is 5.95 Å². The summed E-state index contributed by atoms with van der Waals surface area (Å²) in [5.74, 6) is 0.487. The lowest BCUT2D eigenvalue weighted by atomic mass is 10.0. The normalized spacial score (nSPS) is 15.1. The van der Waals surface area contributed by atoms with E-state index in [0.717, 1.165) is 37.4 Å². The van der Waals surface area contributed by atoms with E-state index in [1.807, 2.05) is 24.3 Å². The van der Waals surface area contributed by atoms with E-state index in [0.29, 0.717) is 11.6 Å². The van der Waals surface area contributed by atoms with Crippen molar-refractivity contribution in [2.24, 2.45) is 0 Å². The van der Waals surface area contributed by atoms with Crippen molar-refractivity contribution in [3.05, 3.63) is 66.5 Å². The summed E-state index contributed by atoms with van der Waals surface area (Å²) >= 11 is 0. The molecule has 4 aromatic rings. The highest BCUT2D eigenvalue weighted by atomic mass is 16.5. The average Bonchev–Trinajstić information content (AvgIpc) is 3.13. The number of ether oxygens (including phenoxy) is 1. The molecule has 1 aliphatic heterocycles. The number of hydrogen-bond acceptors (Lipinski definition) is 5. The van der Waals surface area contributed by atoms with Crippen LogP contribution in [0.3, 0.4) is 0 Å². The first-order valence-corrected chi connectivity index (χ1v) is 9.89. The fourth-order valence-electron chi connectivity index (χ4n) is 4.42. The SMILES string of the molecule is COC(=O)c1ccc2c3ccccc3n(C3CCN(c4ncccn4)CC3)c2c1. The molecule has 6 nitrogen and oxygen atoms in total. The van der Waals surface area contributed by atoms with Gasteiger partial charge in [0.25, 0.3) is 0 Å². The van der Waals surface area contributed by atoms with E-state index in [2.05, 4.69) is 43.7 Å². The van der Waals surface area contributed by atoms with Crippen LogP contribution < -0.4 is 4.90 Å². The minimum Gasteiger partial charge on any atom is -0.465 e. The van der Waals surface area contributed by atoms with Crippen molar-refractivity contribution in [1.29, 1.82) is 0 Å². The number of nitrogens with zero attached hydrogens (tertiary/aromatic N) is 4. The van der Waals surface area contributed by atoms with Gasteiger partial charge in [-0.25, -0.2) is 14.8 Å². The third-order valence-corrected chi connectivity index (χ3v) is 5.80. The lowest BCUT2D eigenvalue weighted by Crippen LogP contribution is -2.35. The minimum absolute atomic E-state index is 0.306. The summed E-state index contributed by atoms with van der Waals surface area (Å²) in [6.45, 7) is 1.80. The van der Waals surface area contributed by atoms with Gasteiger partial charge in [0.05, 0.1) is 18.2 Å². The Morgan fingerprint density at radius 2 is 1.69 bits per heavy atom. The highest BCUT2D eigenvalue weighted by Crippen LogP contribution is 2.36. The Kier molecular flexibility index (Phi) is 4.39. The Morgan fingerprint density at radius 3 is 2.45 bits per heavy atom. The molecule has 1 aliphatic rings. The topological polar surface area (TPSA) is 60.2 Å². The fourth-order valence-corrected chi connectivity index (χ4v) is 4.42. The van der Waals surface area contributed by atoms with Crippen molar-refractivity contribution in [3.8, 4) is 0 Å². The van der Waals surface area contributed by atoms with Gasteiger partial charge in [-0.05, 0) is 37.1 Å². The summed E-state index contributed by atoms with van der Waals surface area (Å²) in [7, 11) is 1.42. The van der Waals surface area contributed by atoms with Gasteiger partial charge in [-0.15, -0.1) is 0 Å². The number of rotatable bonds is 3. The van der Waals surface area contributed by atoms with Gasteiger partial charge < -0.3 is 14.2 Å². The molecule has 0 radical (unpaired) electrons. The molecular weight excluding hydrogens is 364 g/mol. The lowest BCUT2D eigenvalue weighted by molar-refractivity contribution is 0.0601. The van der Waals surface area contributed by atoms with Crippen LogP contribution in [0, 0.1) is 0 Å². The van der Waals surface area contributed by atoms with Gasteiger partial charge in [0, 0.05) is 47.8 Å². The molecule has 2 aromatic heterocycles. The molecule has 146 valence electrons. The second-order valence-corrected chi connectivity index (χ2v) is 7.38. The molecule has 0 N–H and O–H groups in total. The van der Waals surface area contributed by atoms with Gasteiger partial charge in [-0.1, -0.05) is 24.3 Å².